The van der Waals surface area contributed by atoms with Crippen LogP contribution in [-0.2, 0) is 27.9 Å². The lowest BCUT2D eigenvalue weighted by atomic mass is 10.1. The van der Waals surface area contributed by atoms with E-state index in [4.69, 9.17) is 18.5 Å². The fraction of sp³-hybridized carbons (Fsp3) is 0.620. The molecular weight excluding hydrogens is 758 g/mol. The minimum Gasteiger partial charge on any atom is -0.756 e. The van der Waals surface area contributed by atoms with Crippen molar-refractivity contribution in [3.63, 3.8) is 0 Å². The Kier molecular flexibility index (Phi) is 39.9. The van der Waals surface area contributed by atoms with Crippen molar-refractivity contribution < 1.29 is 37.3 Å². The Morgan fingerprint density at radius 1 is 0.525 bits per heavy atom. The summed E-state index contributed by atoms with van der Waals surface area (Å²) in [4.78, 5) is 25.1. The van der Waals surface area contributed by atoms with Gasteiger partial charge < -0.3 is 27.9 Å². The third-order valence-electron chi connectivity index (χ3n) is 8.82. The molecule has 0 aromatic rings. The number of rotatable bonds is 40. The topological polar surface area (TPSA) is 94.1 Å². The molecule has 0 aliphatic rings. The Balaban J connectivity index is 4.37. The molecule has 9 heteroatoms. The summed E-state index contributed by atoms with van der Waals surface area (Å²) >= 11 is 0. The SMILES string of the molecule is CC/C=C\C/C=C\C/C=C\C/C=C\C/C=C\C/C=C\CCCCC(=O)OC(COCCCCCCCC/C=C\C/C=C\C/C=C\CC)COP(=O)([O-])OCC[N+](C)(C)C. The first-order chi connectivity index (χ1) is 28.6. The van der Waals surface area contributed by atoms with Crippen LogP contribution in [0.4, 0.5) is 0 Å². The molecule has 0 fully saturated rings. The van der Waals surface area contributed by atoms with Crippen molar-refractivity contribution in [3.8, 4) is 0 Å². The summed E-state index contributed by atoms with van der Waals surface area (Å²) < 4.78 is 34.5. The third kappa shape index (κ3) is 46.1. The average Bonchev–Trinajstić information content (AvgIpc) is 3.19. The van der Waals surface area contributed by atoms with Crippen LogP contribution < -0.4 is 4.89 Å². The number of likely N-dealkylation sites (N-methyl/N-ethyl adjacent to an activating group) is 1. The minimum atomic E-state index is -4.55. The smallest absolute Gasteiger partial charge is 0.306 e. The maximum absolute atomic E-state index is 12.7. The molecule has 0 saturated heterocycles. The van der Waals surface area contributed by atoms with E-state index in [2.05, 4.69) is 123 Å². The molecule has 2 unspecified atom stereocenters. The van der Waals surface area contributed by atoms with Gasteiger partial charge in [-0.1, -0.05) is 149 Å². The van der Waals surface area contributed by atoms with Gasteiger partial charge in [-0.05, 0) is 96.3 Å². The number of phosphoric acid groups is 1. The quantitative estimate of drug-likeness (QED) is 0.0199. The molecule has 0 spiro atoms. The van der Waals surface area contributed by atoms with Crippen molar-refractivity contribution in [2.45, 2.75) is 148 Å². The summed E-state index contributed by atoms with van der Waals surface area (Å²) in [5, 5.41) is 0. The number of phosphoric ester groups is 1. The number of esters is 1. The van der Waals surface area contributed by atoms with Gasteiger partial charge in [0.05, 0.1) is 34.4 Å². The summed E-state index contributed by atoms with van der Waals surface area (Å²) in [6.07, 6.45) is 58.2. The van der Waals surface area contributed by atoms with Crippen molar-refractivity contribution in [3.05, 3.63) is 109 Å². The molecule has 0 amide bonds. The number of hydrogen-bond acceptors (Lipinski definition) is 7. The Morgan fingerprint density at radius 3 is 1.39 bits per heavy atom. The first kappa shape index (κ1) is 56.2. The number of allylic oxidation sites excluding steroid dienone is 18. The Hall–Kier alpha value is -2.84. The second-order valence-electron chi connectivity index (χ2n) is 15.6. The highest BCUT2D eigenvalue weighted by Gasteiger charge is 2.20. The third-order valence-corrected chi connectivity index (χ3v) is 9.78. The maximum Gasteiger partial charge on any atom is 0.306 e. The van der Waals surface area contributed by atoms with Crippen LogP contribution in [0.5, 0.6) is 0 Å². The number of ether oxygens (including phenoxy) is 2. The molecular formula is C50H84NO7P. The molecule has 0 aliphatic carbocycles. The van der Waals surface area contributed by atoms with Crippen molar-refractivity contribution in [2.75, 3.05) is 54.1 Å². The Morgan fingerprint density at radius 2 is 0.932 bits per heavy atom. The number of unbranched alkanes of at least 4 members (excludes halogenated alkanes) is 8. The largest absolute Gasteiger partial charge is 0.756 e. The summed E-state index contributed by atoms with van der Waals surface area (Å²) in [6.45, 7) is 5.06. The highest BCUT2D eigenvalue weighted by Crippen LogP contribution is 2.38. The highest BCUT2D eigenvalue weighted by molar-refractivity contribution is 7.45. The fourth-order valence-electron chi connectivity index (χ4n) is 5.39. The Labute approximate surface area is 361 Å². The zero-order chi connectivity index (χ0) is 43.4. The number of carbonyl (C=O) groups is 1. The molecule has 0 radical (unpaired) electrons. The molecule has 2 atom stereocenters. The van der Waals surface area contributed by atoms with Crippen molar-refractivity contribution >= 4 is 13.8 Å². The van der Waals surface area contributed by atoms with Gasteiger partial charge in [0.25, 0.3) is 7.82 Å². The molecule has 0 saturated carbocycles. The van der Waals surface area contributed by atoms with Crippen LogP contribution in [0.2, 0.25) is 0 Å². The van der Waals surface area contributed by atoms with E-state index in [1.165, 1.54) is 19.3 Å². The molecule has 0 heterocycles. The average molecular weight is 842 g/mol. The van der Waals surface area contributed by atoms with Gasteiger partial charge in [-0.3, -0.25) is 9.36 Å². The standard InChI is InChI=1S/C50H84NO7P/c1-6-8-10-12-14-16-18-20-22-24-25-26-27-28-29-31-33-35-37-39-41-43-50(52)58-49(48-57-59(53,54)56-46-44-51(3,4)5)47-55-45-42-40-38-36-34-32-30-23-21-19-17-15-13-11-9-7-2/h8-11,14-17,20-23,25-26,28-29,33,35,49H,6-7,12-13,18-19,24,27,30-32,34,36-48H2,1-5H3/b10-8-,11-9-,16-14-,17-15-,22-20-,23-21-,26-25-,29-28-,35-33-. The molecule has 0 bridgehead atoms. The second kappa shape index (κ2) is 41.9. The van der Waals surface area contributed by atoms with E-state index in [9.17, 15) is 14.3 Å². The first-order valence-electron chi connectivity index (χ1n) is 22.6. The van der Waals surface area contributed by atoms with E-state index in [0.29, 0.717) is 24.1 Å². The van der Waals surface area contributed by atoms with Gasteiger partial charge in [-0.25, -0.2) is 0 Å². The lowest BCUT2D eigenvalue weighted by Crippen LogP contribution is -2.37. The van der Waals surface area contributed by atoms with Gasteiger partial charge in [-0.15, -0.1) is 0 Å². The zero-order valence-corrected chi connectivity index (χ0v) is 38.8. The predicted octanol–water partition coefficient (Wildman–Crippen LogP) is 13.0. The molecule has 59 heavy (non-hydrogen) atoms. The lowest BCUT2D eigenvalue weighted by molar-refractivity contribution is -0.870. The van der Waals surface area contributed by atoms with Crippen LogP contribution in [0.3, 0.4) is 0 Å². The fourth-order valence-corrected chi connectivity index (χ4v) is 6.11. The molecule has 0 rings (SSSR count). The van der Waals surface area contributed by atoms with E-state index in [-0.39, 0.29) is 32.2 Å². The van der Waals surface area contributed by atoms with E-state index >= 15 is 0 Å². The van der Waals surface area contributed by atoms with Crippen LogP contribution in [0.1, 0.15) is 142 Å². The highest BCUT2D eigenvalue weighted by atomic mass is 31.2. The number of carbonyl (C=O) groups excluding carboxylic acids is 1. The van der Waals surface area contributed by atoms with Gasteiger partial charge in [0, 0.05) is 13.0 Å². The molecule has 0 aliphatic heterocycles. The second-order valence-corrected chi connectivity index (χ2v) is 17.1. The van der Waals surface area contributed by atoms with Gasteiger partial charge in [0.15, 0.2) is 0 Å². The minimum absolute atomic E-state index is 0.00766. The first-order valence-corrected chi connectivity index (χ1v) is 24.1. The normalized spacial score (nSPS) is 14.7. The summed E-state index contributed by atoms with van der Waals surface area (Å²) in [5.74, 6) is -0.386. The van der Waals surface area contributed by atoms with E-state index in [0.717, 1.165) is 96.3 Å². The predicted molar refractivity (Wildman–Crippen MR) is 249 cm³/mol. The number of hydrogen-bond donors (Lipinski definition) is 0. The summed E-state index contributed by atoms with van der Waals surface area (Å²) in [5.41, 5.74) is 0. The van der Waals surface area contributed by atoms with Crippen LogP contribution in [0.15, 0.2) is 109 Å². The van der Waals surface area contributed by atoms with Gasteiger partial charge in [-0.2, -0.15) is 0 Å². The summed E-state index contributed by atoms with van der Waals surface area (Å²) in [7, 11) is 1.30. The Bertz CT molecular complexity index is 1300. The van der Waals surface area contributed by atoms with Gasteiger partial charge in [0.2, 0.25) is 0 Å². The monoisotopic (exact) mass is 842 g/mol. The van der Waals surface area contributed by atoms with Crippen LogP contribution >= 0.6 is 7.82 Å². The van der Waals surface area contributed by atoms with E-state index < -0.39 is 13.9 Å². The molecule has 336 valence electrons. The van der Waals surface area contributed by atoms with Gasteiger partial charge >= 0.3 is 5.97 Å². The maximum atomic E-state index is 12.7. The number of quaternary nitrogens is 1. The van der Waals surface area contributed by atoms with Crippen LogP contribution in [-0.4, -0.2) is 70.7 Å². The van der Waals surface area contributed by atoms with Gasteiger partial charge in [0.1, 0.15) is 19.3 Å². The van der Waals surface area contributed by atoms with Crippen molar-refractivity contribution in [2.24, 2.45) is 0 Å². The van der Waals surface area contributed by atoms with Crippen molar-refractivity contribution in [1.29, 1.82) is 0 Å². The van der Waals surface area contributed by atoms with Crippen molar-refractivity contribution in [1.82, 2.24) is 0 Å². The van der Waals surface area contributed by atoms with Crippen LogP contribution in [0, 0.1) is 0 Å². The molecule has 0 aromatic carbocycles. The van der Waals surface area contributed by atoms with Crippen LogP contribution in [0.25, 0.3) is 0 Å². The molecule has 0 N–H and O–H groups in total. The lowest BCUT2D eigenvalue weighted by Gasteiger charge is -2.28. The van der Waals surface area contributed by atoms with E-state index in [1.807, 2.05) is 21.1 Å². The zero-order valence-electron chi connectivity index (χ0n) is 37.9. The van der Waals surface area contributed by atoms with E-state index in [1.54, 1.807) is 0 Å². The molecule has 0 aromatic heterocycles. The molecule has 8 nitrogen and oxygen atoms in total. The number of nitrogens with zero attached hydrogens (tertiary/aromatic N) is 1. The summed E-state index contributed by atoms with van der Waals surface area (Å²) in [6, 6.07) is 0.